The molecule has 2 rings (SSSR count). The Morgan fingerprint density at radius 3 is 1.45 bits per heavy atom. The number of carbonyl (C=O) groups excluding carboxylic acids is 10. The zero-order valence-electron chi connectivity index (χ0n) is 37.6. The molecular formula is C42H72N8O10S2. The van der Waals surface area contributed by atoms with Gasteiger partial charge in [0.2, 0.25) is 35.4 Å². The van der Waals surface area contributed by atoms with Crippen molar-refractivity contribution in [3.63, 3.8) is 0 Å². The standard InChI is InChI=1S/C21H36N4O5S.C16H32N4O3S.C5H4O2/c1-22-9-7-10-24-21(30)16(14-19(28)23-2)25(3)20(29)8-5-4-6-11-31-18-13-15(26)12-17(18)27;1-17-9-7-10-19-16(23)13(12-14(21)18-2)20(3)15(22)8-5-4-6-11-24;6-4-1-2-5(7)3-4/h16,18,22H,4-14H2,1-3H3,(H,23,28)(H,24,30);13,17,24H,4-12H2,1-3H3,(H,18,21)(H,19,23);1-2H,3H2/t16-,18?;13-;/m00./s1. The molecule has 1 unspecified atom stereocenters. The number of thiol groups is 1. The van der Waals surface area contributed by atoms with Crippen molar-refractivity contribution in [2.75, 3.05) is 80.0 Å². The smallest absolute Gasteiger partial charge is 0.243 e. The Morgan fingerprint density at radius 1 is 0.645 bits per heavy atom. The molecule has 0 aromatic rings. The van der Waals surface area contributed by atoms with Gasteiger partial charge in [-0.3, -0.25) is 47.9 Å². The second kappa shape index (κ2) is 35.3. The highest BCUT2D eigenvalue weighted by atomic mass is 32.2. The van der Waals surface area contributed by atoms with E-state index in [1.165, 1.54) is 47.8 Å². The van der Waals surface area contributed by atoms with E-state index in [1.54, 1.807) is 14.1 Å². The number of Topliss-reactive ketones (excluding diaryl/α,β-unsaturated/α-hetero) is 2. The van der Waals surface area contributed by atoms with Crippen LogP contribution in [0.4, 0.5) is 0 Å². The SMILES string of the molecule is CNCCCNC(=O)[C@H](CC(=O)NC)N(C)C(=O)CCCCCS.CNCCCNC(=O)[C@H](CC(=O)NC)N(C)C(=O)CCCCCSC1CC(=O)CC1=O.O=C1C=CC(=O)C1. The Hall–Kier alpha value is -4.14. The first-order chi connectivity index (χ1) is 29.6. The van der Waals surface area contributed by atoms with Crippen LogP contribution in [-0.2, 0) is 47.9 Å². The molecule has 0 aliphatic heterocycles. The van der Waals surface area contributed by atoms with Gasteiger partial charge in [0, 0.05) is 60.5 Å². The second-order valence-corrected chi connectivity index (χ2v) is 16.6. The third-order valence-corrected chi connectivity index (χ3v) is 11.5. The number of carbonyl (C=O) groups is 10. The number of likely N-dealkylation sites (N-methyl/N-ethyl adjacent to an activating group) is 2. The van der Waals surface area contributed by atoms with Gasteiger partial charge in [0.1, 0.15) is 17.9 Å². The van der Waals surface area contributed by atoms with E-state index in [4.69, 9.17) is 0 Å². The summed E-state index contributed by atoms with van der Waals surface area (Å²) < 4.78 is 0. The van der Waals surface area contributed by atoms with Crippen molar-refractivity contribution in [3.8, 4) is 0 Å². The normalized spacial score (nSPS) is 15.0. The van der Waals surface area contributed by atoms with Crippen molar-refractivity contribution in [1.82, 2.24) is 41.7 Å². The van der Waals surface area contributed by atoms with Crippen molar-refractivity contribution >= 4 is 83.0 Å². The van der Waals surface area contributed by atoms with Crippen LogP contribution < -0.4 is 31.9 Å². The number of nitrogens with one attached hydrogen (secondary N) is 6. The van der Waals surface area contributed by atoms with Gasteiger partial charge in [-0.05, 0) is 89.4 Å². The molecule has 3 atom stereocenters. The molecule has 2 aliphatic carbocycles. The van der Waals surface area contributed by atoms with E-state index < -0.39 is 12.1 Å². The number of nitrogens with zero attached hydrogens (tertiary/aromatic N) is 2. The molecule has 62 heavy (non-hydrogen) atoms. The number of hydrogen-bond donors (Lipinski definition) is 7. The lowest BCUT2D eigenvalue weighted by molar-refractivity contribution is -0.141. The first kappa shape index (κ1) is 57.9. The van der Waals surface area contributed by atoms with Crippen molar-refractivity contribution in [3.05, 3.63) is 12.2 Å². The van der Waals surface area contributed by atoms with Crippen molar-refractivity contribution in [2.24, 2.45) is 0 Å². The number of unbranched alkanes of at least 4 members (excludes halogenated alkanes) is 4. The van der Waals surface area contributed by atoms with E-state index in [-0.39, 0.29) is 89.5 Å². The highest BCUT2D eigenvalue weighted by Crippen LogP contribution is 2.25. The number of thioether (sulfide) groups is 1. The quantitative estimate of drug-likeness (QED) is 0.0322. The highest BCUT2D eigenvalue weighted by molar-refractivity contribution is 8.00. The summed E-state index contributed by atoms with van der Waals surface area (Å²) in [6.07, 6.45) is 10.2. The summed E-state index contributed by atoms with van der Waals surface area (Å²) in [5.74, 6) is -0.00482. The number of rotatable bonds is 28. The maximum Gasteiger partial charge on any atom is 0.243 e. The number of hydrogen-bond acceptors (Lipinski definition) is 14. The van der Waals surface area contributed by atoms with Gasteiger partial charge in [-0.25, -0.2) is 0 Å². The highest BCUT2D eigenvalue weighted by Gasteiger charge is 2.32. The van der Waals surface area contributed by atoms with Crippen molar-refractivity contribution in [1.29, 1.82) is 0 Å². The third kappa shape index (κ3) is 26.4. The van der Waals surface area contributed by atoms with Gasteiger partial charge in [0.05, 0.1) is 30.9 Å². The summed E-state index contributed by atoms with van der Waals surface area (Å²) in [4.78, 5) is 119. The Bertz CT molecular complexity index is 1480. The Balaban J connectivity index is 0.00000106. The molecule has 0 saturated heterocycles. The molecule has 0 aromatic heterocycles. The molecule has 1 saturated carbocycles. The van der Waals surface area contributed by atoms with Crippen LogP contribution in [0, 0.1) is 0 Å². The van der Waals surface area contributed by atoms with E-state index in [9.17, 15) is 47.9 Å². The fourth-order valence-electron chi connectivity index (χ4n) is 5.93. The van der Waals surface area contributed by atoms with E-state index in [0.717, 1.165) is 69.5 Å². The van der Waals surface area contributed by atoms with E-state index in [1.807, 2.05) is 14.1 Å². The van der Waals surface area contributed by atoms with Gasteiger partial charge in [-0.15, -0.1) is 0 Å². The second-order valence-electron chi connectivity index (χ2n) is 14.8. The molecule has 18 nitrogen and oxygen atoms in total. The van der Waals surface area contributed by atoms with Gasteiger partial charge < -0.3 is 41.7 Å². The summed E-state index contributed by atoms with van der Waals surface area (Å²) >= 11 is 5.67. The van der Waals surface area contributed by atoms with Crippen LogP contribution in [0.15, 0.2) is 12.2 Å². The Labute approximate surface area is 377 Å². The lowest BCUT2D eigenvalue weighted by Crippen LogP contribution is -2.50. The average molecular weight is 913 g/mol. The minimum Gasteiger partial charge on any atom is -0.359 e. The lowest BCUT2D eigenvalue weighted by atomic mass is 10.1. The molecule has 0 heterocycles. The predicted octanol–water partition coefficient (Wildman–Crippen LogP) is 0.519. The van der Waals surface area contributed by atoms with Crippen molar-refractivity contribution in [2.45, 2.75) is 114 Å². The van der Waals surface area contributed by atoms with Crippen LogP contribution in [0.1, 0.15) is 96.3 Å². The summed E-state index contributed by atoms with van der Waals surface area (Å²) in [6, 6.07) is -1.62. The molecule has 0 spiro atoms. The van der Waals surface area contributed by atoms with Gasteiger partial charge in [-0.1, -0.05) is 12.8 Å². The van der Waals surface area contributed by atoms with Crippen LogP contribution >= 0.6 is 24.4 Å². The van der Waals surface area contributed by atoms with Gasteiger partial charge >= 0.3 is 0 Å². The fraction of sp³-hybridized carbons (Fsp3) is 0.714. The molecule has 1 fully saturated rings. The number of amides is 6. The summed E-state index contributed by atoms with van der Waals surface area (Å²) in [6.45, 7) is 2.53. The monoisotopic (exact) mass is 912 g/mol. The van der Waals surface area contributed by atoms with Crippen molar-refractivity contribution < 1.29 is 47.9 Å². The first-order valence-electron chi connectivity index (χ1n) is 21.3. The number of ketones is 4. The molecule has 0 radical (unpaired) electrons. The van der Waals surface area contributed by atoms with Gasteiger partial charge in [0.25, 0.3) is 0 Å². The predicted molar refractivity (Wildman–Crippen MR) is 244 cm³/mol. The molecule has 6 N–H and O–H groups in total. The number of allylic oxidation sites excluding steroid dienone is 2. The molecule has 20 heteroatoms. The van der Waals surface area contributed by atoms with Crippen LogP contribution in [0.5, 0.6) is 0 Å². The Morgan fingerprint density at radius 2 is 1.10 bits per heavy atom. The summed E-state index contributed by atoms with van der Waals surface area (Å²) in [5.41, 5.74) is 0. The van der Waals surface area contributed by atoms with E-state index in [2.05, 4.69) is 44.5 Å². The topological polar surface area (TPSA) is 249 Å². The van der Waals surface area contributed by atoms with Crippen LogP contribution in [-0.4, -0.2) is 166 Å². The Kier molecular flexibility index (Phi) is 33.0. The first-order valence-corrected chi connectivity index (χ1v) is 23.0. The molecule has 0 aromatic carbocycles. The van der Waals surface area contributed by atoms with Gasteiger partial charge in [-0.2, -0.15) is 24.4 Å². The maximum absolute atomic E-state index is 12.6. The van der Waals surface area contributed by atoms with E-state index >= 15 is 0 Å². The molecule has 352 valence electrons. The minimum atomic E-state index is -0.844. The van der Waals surface area contributed by atoms with Crippen LogP contribution in [0.2, 0.25) is 0 Å². The molecule has 6 amide bonds. The molecular weight excluding hydrogens is 841 g/mol. The summed E-state index contributed by atoms with van der Waals surface area (Å²) in [7, 11) is 9.83. The third-order valence-electron chi connectivity index (χ3n) is 9.80. The van der Waals surface area contributed by atoms with Crippen LogP contribution in [0.3, 0.4) is 0 Å². The largest absolute Gasteiger partial charge is 0.359 e. The van der Waals surface area contributed by atoms with Crippen LogP contribution in [0.25, 0.3) is 0 Å². The molecule has 0 bridgehead atoms. The maximum atomic E-state index is 12.6. The minimum absolute atomic E-state index is 0.0218. The van der Waals surface area contributed by atoms with Gasteiger partial charge in [0.15, 0.2) is 17.3 Å². The zero-order valence-corrected chi connectivity index (χ0v) is 39.3. The fourth-order valence-corrected chi connectivity index (χ4v) is 7.38. The van der Waals surface area contributed by atoms with E-state index in [0.29, 0.717) is 38.8 Å². The lowest BCUT2D eigenvalue weighted by Gasteiger charge is -2.27. The average Bonchev–Trinajstić information content (AvgIpc) is 3.80. The zero-order chi connectivity index (χ0) is 46.9. The summed E-state index contributed by atoms with van der Waals surface area (Å²) in [5, 5.41) is 16.4. The molecule has 2 aliphatic rings.